The number of hydrogen-bond acceptors (Lipinski definition) is 3. The van der Waals surface area contributed by atoms with Crippen molar-refractivity contribution in [1.29, 1.82) is 0 Å². The van der Waals surface area contributed by atoms with E-state index in [2.05, 4.69) is 11.7 Å². The van der Waals surface area contributed by atoms with Gasteiger partial charge in [-0.2, -0.15) is 0 Å². The normalized spacial score (nSPS) is 17.9. The summed E-state index contributed by atoms with van der Waals surface area (Å²) in [5.74, 6) is -8.68. The van der Waals surface area contributed by atoms with Gasteiger partial charge in [-0.3, -0.25) is 0 Å². The van der Waals surface area contributed by atoms with Crippen molar-refractivity contribution in [1.82, 2.24) is 0 Å². The zero-order chi connectivity index (χ0) is 25.4. The lowest BCUT2D eigenvalue weighted by molar-refractivity contribution is 0.0723. The fraction of sp³-hybridized carbons (Fsp3) is 0.519. The Hall–Kier alpha value is -2.64. The molecule has 0 saturated heterocycles. The van der Waals surface area contributed by atoms with Crippen LogP contribution in [0.2, 0.25) is 0 Å². The molecule has 8 heteroatoms. The van der Waals surface area contributed by atoms with Crippen LogP contribution in [0, 0.1) is 40.9 Å². The van der Waals surface area contributed by atoms with Crippen LogP contribution in [-0.2, 0) is 0 Å². The van der Waals surface area contributed by atoms with Gasteiger partial charge in [0.25, 0.3) is 0 Å². The molecule has 0 amide bonds. The van der Waals surface area contributed by atoms with Crippen molar-refractivity contribution < 1.29 is 36.2 Å². The van der Waals surface area contributed by atoms with Crippen LogP contribution >= 0.6 is 0 Å². The molecule has 2 aromatic rings. The maximum Gasteiger partial charge on any atom is 0.349 e. The fourth-order valence-electron chi connectivity index (χ4n) is 4.51. The average Bonchev–Trinajstić information content (AvgIpc) is 2.81. The van der Waals surface area contributed by atoms with E-state index in [0.29, 0.717) is 24.7 Å². The van der Waals surface area contributed by atoms with Gasteiger partial charge in [0.05, 0.1) is 6.61 Å². The van der Waals surface area contributed by atoms with Crippen LogP contribution in [-0.4, -0.2) is 12.6 Å². The van der Waals surface area contributed by atoms with E-state index < -0.39 is 46.4 Å². The van der Waals surface area contributed by atoms with Gasteiger partial charge in [-0.15, -0.1) is 0 Å². The Balaban J connectivity index is 1.50. The van der Waals surface area contributed by atoms with Crippen molar-refractivity contribution in [2.24, 2.45) is 11.8 Å². The lowest BCUT2D eigenvalue weighted by Crippen LogP contribution is -2.20. The van der Waals surface area contributed by atoms with Gasteiger partial charge in [0, 0.05) is 24.3 Å². The zero-order valence-electron chi connectivity index (χ0n) is 19.9. The van der Waals surface area contributed by atoms with E-state index >= 15 is 0 Å². The third kappa shape index (κ3) is 7.67. The molecule has 0 bridgehead atoms. The quantitative estimate of drug-likeness (QED) is 0.103. The van der Waals surface area contributed by atoms with Crippen LogP contribution < -0.4 is 9.47 Å². The third-order valence-electron chi connectivity index (χ3n) is 6.56. The van der Waals surface area contributed by atoms with Gasteiger partial charge in [0.1, 0.15) is 28.7 Å². The first kappa shape index (κ1) is 27.0. The fourth-order valence-corrected chi connectivity index (χ4v) is 4.51. The predicted molar refractivity (Wildman–Crippen MR) is 122 cm³/mol. The summed E-state index contributed by atoms with van der Waals surface area (Å²) in [5.41, 5.74) is -1.04. The number of unbranched alkanes of at least 4 members (excludes halogenated alkanes) is 4. The highest BCUT2D eigenvalue weighted by atomic mass is 19.2. The van der Waals surface area contributed by atoms with E-state index in [1.807, 2.05) is 0 Å². The minimum Gasteiger partial charge on any atom is -0.493 e. The van der Waals surface area contributed by atoms with Gasteiger partial charge in [0.15, 0.2) is 17.5 Å². The molecule has 0 N–H and O–H groups in total. The summed E-state index contributed by atoms with van der Waals surface area (Å²) >= 11 is 0. The van der Waals surface area contributed by atoms with Crippen molar-refractivity contribution in [3.05, 3.63) is 58.9 Å². The summed E-state index contributed by atoms with van der Waals surface area (Å²) in [6.45, 7) is 2.52. The molecule has 192 valence electrons. The molecule has 0 spiro atoms. The molecular formula is C27H31F5O3. The lowest BCUT2D eigenvalue weighted by atomic mass is 9.80. The number of benzene rings is 2. The molecule has 2 aromatic carbocycles. The van der Waals surface area contributed by atoms with Crippen molar-refractivity contribution in [2.45, 2.75) is 71.1 Å². The Bertz CT molecular complexity index is 956. The standard InChI is InChI=1S/C27H31F5O3/c1-2-3-4-5-6-7-17-8-10-18(11-9-17)16-34-19-12-21(28)25(22(29)13-19)27(33)35-20-14-23(30)26(32)24(31)15-20/h12-15,17-18H,2-11,16H2,1H3. The molecule has 0 radical (unpaired) electrons. The molecular weight excluding hydrogens is 467 g/mol. The Kier molecular flexibility index (Phi) is 9.93. The number of carbonyl (C=O) groups excluding carboxylic acids is 1. The van der Waals surface area contributed by atoms with Crippen molar-refractivity contribution in [3.63, 3.8) is 0 Å². The van der Waals surface area contributed by atoms with Crippen LogP contribution in [0.3, 0.4) is 0 Å². The molecule has 1 aliphatic carbocycles. The number of hydrogen-bond donors (Lipinski definition) is 0. The zero-order valence-corrected chi connectivity index (χ0v) is 19.9. The molecule has 0 aliphatic heterocycles. The number of rotatable bonds is 11. The Labute approximate surface area is 202 Å². The van der Waals surface area contributed by atoms with E-state index in [1.165, 1.54) is 38.5 Å². The average molecular weight is 499 g/mol. The van der Waals surface area contributed by atoms with Gasteiger partial charge in [0.2, 0.25) is 0 Å². The van der Waals surface area contributed by atoms with Crippen LogP contribution in [0.4, 0.5) is 22.0 Å². The van der Waals surface area contributed by atoms with Crippen LogP contribution in [0.1, 0.15) is 81.5 Å². The van der Waals surface area contributed by atoms with E-state index in [9.17, 15) is 26.7 Å². The van der Waals surface area contributed by atoms with Gasteiger partial charge < -0.3 is 9.47 Å². The number of halogens is 5. The summed E-state index contributed by atoms with van der Waals surface area (Å²) in [6.07, 6.45) is 11.9. The first-order valence-electron chi connectivity index (χ1n) is 12.3. The lowest BCUT2D eigenvalue weighted by Gasteiger charge is -2.28. The number of carbonyl (C=O) groups is 1. The van der Waals surface area contributed by atoms with Crippen molar-refractivity contribution >= 4 is 5.97 Å². The van der Waals surface area contributed by atoms with Crippen molar-refractivity contribution in [3.8, 4) is 11.5 Å². The predicted octanol–water partition coefficient (Wildman–Crippen LogP) is 8.15. The topological polar surface area (TPSA) is 35.5 Å². The summed E-state index contributed by atoms with van der Waals surface area (Å²) in [7, 11) is 0. The summed E-state index contributed by atoms with van der Waals surface area (Å²) in [4.78, 5) is 12.2. The highest BCUT2D eigenvalue weighted by Gasteiger charge is 2.24. The highest BCUT2D eigenvalue weighted by molar-refractivity contribution is 5.91. The van der Waals surface area contributed by atoms with E-state index in [4.69, 9.17) is 4.74 Å². The van der Waals surface area contributed by atoms with Gasteiger partial charge in [-0.1, -0.05) is 58.3 Å². The molecule has 1 fully saturated rings. The van der Waals surface area contributed by atoms with Gasteiger partial charge in [-0.05, 0) is 24.7 Å². The number of esters is 1. The highest BCUT2D eigenvalue weighted by Crippen LogP contribution is 2.33. The molecule has 0 unspecified atom stereocenters. The molecule has 0 heterocycles. The second-order valence-corrected chi connectivity index (χ2v) is 9.25. The molecule has 1 saturated carbocycles. The summed E-state index contributed by atoms with van der Waals surface area (Å²) in [5, 5.41) is 0. The number of ether oxygens (including phenoxy) is 2. The Morgan fingerprint density at radius 3 is 1.91 bits per heavy atom. The van der Waals surface area contributed by atoms with Crippen molar-refractivity contribution in [2.75, 3.05) is 6.61 Å². The van der Waals surface area contributed by atoms with Gasteiger partial charge in [-0.25, -0.2) is 26.7 Å². The largest absolute Gasteiger partial charge is 0.493 e. The van der Waals surface area contributed by atoms with Crippen LogP contribution in [0.15, 0.2) is 24.3 Å². The molecule has 35 heavy (non-hydrogen) atoms. The SMILES string of the molecule is CCCCCCCC1CCC(COc2cc(F)c(C(=O)Oc3cc(F)c(F)c(F)c3)c(F)c2)CC1. The minimum absolute atomic E-state index is 0.0616. The molecule has 3 rings (SSSR count). The first-order valence-corrected chi connectivity index (χ1v) is 12.3. The first-order chi connectivity index (χ1) is 16.8. The van der Waals surface area contributed by atoms with Gasteiger partial charge >= 0.3 is 5.97 Å². The van der Waals surface area contributed by atoms with Crippen LogP contribution in [0.5, 0.6) is 11.5 Å². The molecule has 1 aliphatic rings. The Morgan fingerprint density at radius 2 is 1.31 bits per heavy atom. The maximum atomic E-state index is 14.5. The second kappa shape index (κ2) is 12.9. The summed E-state index contributed by atoms with van der Waals surface area (Å²) in [6, 6.07) is 2.55. The second-order valence-electron chi connectivity index (χ2n) is 9.25. The summed E-state index contributed by atoms with van der Waals surface area (Å²) < 4.78 is 78.8. The third-order valence-corrected chi connectivity index (χ3v) is 6.56. The minimum atomic E-state index is -1.75. The molecule has 0 atom stereocenters. The molecule has 0 aromatic heterocycles. The van der Waals surface area contributed by atoms with Crippen LogP contribution in [0.25, 0.3) is 0 Å². The maximum absolute atomic E-state index is 14.5. The van der Waals surface area contributed by atoms with E-state index in [0.717, 1.165) is 43.7 Å². The Morgan fingerprint density at radius 1 is 0.771 bits per heavy atom. The molecule has 3 nitrogen and oxygen atoms in total. The van der Waals surface area contributed by atoms with E-state index in [-0.39, 0.29) is 5.75 Å². The van der Waals surface area contributed by atoms with E-state index in [1.54, 1.807) is 0 Å². The smallest absolute Gasteiger partial charge is 0.349 e. The monoisotopic (exact) mass is 498 g/mol.